The molecule has 2 radical (unpaired) electrons. The van der Waals surface area contributed by atoms with Crippen molar-refractivity contribution in [2.75, 3.05) is 13.2 Å². The first-order valence-corrected chi connectivity index (χ1v) is 1.75. The minimum atomic E-state index is 0.0615. The summed E-state index contributed by atoms with van der Waals surface area (Å²) < 4.78 is 4.50. The summed E-state index contributed by atoms with van der Waals surface area (Å²) in [6.07, 6.45) is 1.30. The van der Waals surface area contributed by atoms with Crippen LogP contribution in [-0.4, -0.2) is 13.2 Å². The predicted octanol–water partition coefficient (Wildman–Crippen LogP) is 0.215. The molecule has 0 aromatic heterocycles. The molecule has 0 fully saturated rings. The molecule has 0 amide bonds. The molecule has 0 spiro atoms. The Morgan fingerprint density at radius 2 is 2.50 bits per heavy atom. The zero-order valence-corrected chi connectivity index (χ0v) is 3.55. The molecule has 0 saturated carbocycles. The van der Waals surface area contributed by atoms with Gasteiger partial charge in [-0.15, -0.1) is 5.73 Å². The Balaban J connectivity index is 2.49. The van der Waals surface area contributed by atoms with Crippen molar-refractivity contribution in [1.82, 2.24) is 5.73 Å². The van der Waals surface area contributed by atoms with Crippen molar-refractivity contribution < 1.29 is 4.74 Å². The van der Waals surface area contributed by atoms with E-state index in [1.54, 1.807) is 0 Å². The number of hydrogen-bond donors (Lipinski definition) is 0. The first-order valence-electron chi connectivity index (χ1n) is 1.75. The third-order valence-electron chi connectivity index (χ3n) is 0.327. The van der Waals surface area contributed by atoms with Gasteiger partial charge in [-0.1, -0.05) is 6.58 Å². The zero-order valence-electron chi connectivity index (χ0n) is 3.55. The van der Waals surface area contributed by atoms with Gasteiger partial charge >= 0.3 is 0 Å². The highest BCUT2D eigenvalue weighted by molar-refractivity contribution is 4.47. The molecule has 0 aliphatic heterocycles. The first kappa shape index (κ1) is 5.50. The fourth-order valence-electron chi connectivity index (χ4n) is 0.136. The van der Waals surface area contributed by atoms with E-state index in [0.29, 0.717) is 6.61 Å². The molecule has 2 heteroatoms. The summed E-state index contributed by atoms with van der Waals surface area (Å²) in [4.78, 5) is 0. The SMILES string of the molecule is C=COCC[N]. The van der Waals surface area contributed by atoms with Gasteiger partial charge in [0, 0.05) is 0 Å². The lowest BCUT2D eigenvalue weighted by molar-refractivity contribution is 0.259. The molecule has 0 aliphatic carbocycles. The van der Waals surface area contributed by atoms with Crippen LogP contribution in [0.15, 0.2) is 12.8 Å². The summed E-state index contributed by atoms with van der Waals surface area (Å²) in [5, 5.41) is 0. The lowest BCUT2D eigenvalue weighted by atomic mass is 10.7. The Hall–Kier alpha value is -0.500. The van der Waals surface area contributed by atoms with E-state index in [0.717, 1.165) is 0 Å². The zero-order chi connectivity index (χ0) is 4.83. The Bertz CT molecular complexity index is 36.5. The van der Waals surface area contributed by atoms with Crippen molar-refractivity contribution in [3.63, 3.8) is 0 Å². The normalized spacial score (nSPS) is 7.50. The summed E-state index contributed by atoms with van der Waals surface area (Å²) in [5.74, 6) is 0. The fourth-order valence-corrected chi connectivity index (χ4v) is 0.136. The molecule has 0 heterocycles. The molecule has 0 bridgehead atoms. The topological polar surface area (TPSA) is 31.5 Å². The standard InChI is InChI=1S/C4H7NO/c1-2-6-4-3-5/h2H,1,3-4H2. The molecule has 2 nitrogen and oxygen atoms in total. The van der Waals surface area contributed by atoms with E-state index >= 15 is 0 Å². The summed E-state index contributed by atoms with van der Waals surface area (Å²) in [5.41, 5.74) is 8.02. The Kier molecular flexibility index (Phi) is 4.12. The quantitative estimate of drug-likeness (QED) is 0.356. The van der Waals surface area contributed by atoms with Gasteiger partial charge in [0.1, 0.15) is 6.61 Å². The van der Waals surface area contributed by atoms with Crippen LogP contribution in [0.4, 0.5) is 0 Å². The fraction of sp³-hybridized carbons (Fsp3) is 0.500. The molecule has 34 valence electrons. The predicted molar refractivity (Wildman–Crippen MR) is 23.1 cm³/mol. The molecule has 0 aromatic carbocycles. The molecule has 0 saturated heterocycles. The second-order valence-electron chi connectivity index (χ2n) is 0.761. The molecule has 0 rings (SSSR count). The van der Waals surface area contributed by atoms with Crippen LogP contribution in [0.25, 0.3) is 0 Å². The molecule has 0 aromatic rings. The third-order valence-corrected chi connectivity index (χ3v) is 0.327. The van der Waals surface area contributed by atoms with Gasteiger partial charge in [0.15, 0.2) is 0 Å². The van der Waals surface area contributed by atoms with E-state index in [1.807, 2.05) is 0 Å². The van der Waals surface area contributed by atoms with Gasteiger partial charge in [0.2, 0.25) is 0 Å². The van der Waals surface area contributed by atoms with Gasteiger partial charge < -0.3 is 4.74 Å². The lowest BCUT2D eigenvalue weighted by Crippen LogP contribution is -1.93. The third kappa shape index (κ3) is 3.50. The first-order chi connectivity index (χ1) is 2.91. The van der Waals surface area contributed by atoms with Gasteiger partial charge in [-0.3, -0.25) is 0 Å². The average molecular weight is 85.1 g/mol. The van der Waals surface area contributed by atoms with E-state index in [-0.39, 0.29) is 6.54 Å². The largest absolute Gasteiger partial charge is 0.500 e. The van der Waals surface area contributed by atoms with E-state index in [1.165, 1.54) is 6.26 Å². The van der Waals surface area contributed by atoms with Gasteiger partial charge in [-0.05, 0) is 0 Å². The summed E-state index contributed by atoms with van der Waals surface area (Å²) >= 11 is 0. The van der Waals surface area contributed by atoms with Crippen molar-refractivity contribution in [2.24, 2.45) is 0 Å². The Morgan fingerprint density at radius 1 is 1.83 bits per heavy atom. The number of rotatable bonds is 3. The van der Waals surface area contributed by atoms with Crippen molar-refractivity contribution in [3.8, 4) is 0 Å². The van der Waals surface area contributed by atoms with Crippen LogP contribution in [0.3, 0.4) is 0 Å². The Morgan fingerprint density at radius 3 is 2.67 bits per heavy atom. The molecule has 0 aliphatic rings. The highest BCUT2D eigenvalue weighted by Crippen LogP contribution is 1.66. The van der Waals surface area contributed by atoms with Crippen molar-refractivity contribution in [1.29, 1.82) is 0 Å². The summed E-state index contributed by atoms with van der Waals surface area (Å²) in [7, 11) is 0. The van der Waals surface area contributed by atoms with Crippen LogP contribution < -0.4 is 5.73 Å². The van der Waals surface area contributed by atoms with E-state index in [4.69, 9.17) is 5.73 Å². The highest BCUT2D eigenvalue weighted by Gasteiger charge is 1.70. The molecule has 0 unspecified atom stereocenters. The van der Waals surface area contributed by atoms with Gasteiger partial charge in [0.05, 0.1) is 12.8 Å². The molecular weight excluding hydrogens is 78.0 g/mol. The van der Waals surface area contributed by atoms with Crippen molar-refractivity contribution in [3.05, 3.63) is 12.8 Å². The minimum Gasteiger partial charge on any atom is -0.500 e. The molecule has 0 N–H and O–H groups in total. The van der Waals surface area contributed by atoms with E-state index in [9.17, 15) is 0 Å². The van der Waals surface area contributed by atoms with Crippen LogP contribution in [0.2, 0.25) is 0 Å². The Labute approximate surface area is 37.6 Å². The highest BCUT2D eigenvalue weighted by atomic mass is 16.5. The number of ether oxygens (including phenoxy) is 1. The summed E-state index contributed by atoms with van der Waals surface area (Å²) in [6, 6.07) is 0. The van der Waals surface area contributed by atoms with Crippen molar-refractivity contribution >= 4 is 0 Å². The van der Waals surface area contributed by atoms with Crippen LogP contribution in [0.5, 0.6) is 0 Å². The number of hydrogen-bond acceptors (Lipinski definition) is 1. The summed E-state index contributed by atoms with van der Waals surface area (Å²) in [6.45, 7) is 3.68. The number of nitrogens with zero attached hydrogens (tertiary/aromatic N) is 1. The molecule has 0 atom stereocenters. The molecule has 6 heavy (non-hydrogen) atoms. The van der Waals surface area contributed by atoms with Crippen LogP contribution in [0, 0.1) is 0 Å². The van der Waals surface area contributed by atoms with Gasteiger partial charge in [0.25, 0.3) is 0 Å². The van der Waals surface area contributed by atoms with Crippen molar-refractivity contribution in [2.45, 2.75) is 0 Å². The molecular formula is C4H7NO. The smallest absolute Gasteiger partial charge is 0.103 e. The minimum absolute atomic E-state index is 0.0615. The maximum Gasteiger partial charge on any atom is 0.103 e. The second kappa shape index (κ2) is 4.50. The average Bonchev–Trinajstić information content (AvgIpc) is 1.61. The van der Waals surface area contributed by atoms with E-state index in [2.05, 4.69) is 11.3 Å². The maximum atomic E-state index is 8.02. The van der Waals surface area contributed by atoms with Crippen LogP contribution in [0.1, 0.15) is 0 Å². The van der Waals surface area contributed by atoms with Gasteiger partial charge in [-0.25, -0.2) is 0 Å². The van der Waals surface area contributed by atoms with E-state index < -0.39 is 0 Å². The second-order valence-corrected chi connectivity index (χ2v) is 0.761. The van der Waals surface area contributed by atoms with Gasteiger partial charge in [-0.2, -0.15) is 0 Å². The maximum absolute atomic E-state index is 8.02. The monoisotopic (exact) mass is 85.1 g/mol. The lowest BCUT2D eigenvalue weighted by Gasteiger charge is -1.88. The van der Waals surface area contributed by atoms with Crippen LogP contribution in [-0.2, 0) is 4.74 Å². The van der Waals surface area contributed by atoms with Crippen LogP contribution >= 0.6 is 0 Å².